The predicted molar refractivity (Wildman–Crippen MR) is 117 cm³/mol. The summed E-state index contributed by atoms with van der Waals surface area (Å²) in [5.74, 6) is -1.34. The fourth-order valence-electron chi connectivity index (χ4n) is 2.37. The van der Waals surface area contributed by atoms with Crippen molar-refractivity contribution >= 4 is 64.0 Å². The molecule has 3 rings (SSSR count). The molecule has 2 heterocycles. The zero-order valence-electron chi connectivity index (χ0n) is 15.8. The first kappa shape index (κ1) is 24.8. The van der Waals surface area contributed by atoms with Crippen molar-refractivity contribution in [1.29, 1.82) is 0 Å². The Balaban J connectivity index is 1.73. The molecule has 3 amide bonds. The maximum Gasteiger partial charge on any atom is 0.417 e. The molecular weight excluding hydrogens is 531 g/mol. The van der Waals surface area contributed by atoms with Gasteiger partial charge in [-0.05, 0) is 30.3 Å². The monoisotopic (exact) mass is 538 g/mol. The van der Waals surface area contributed by atoms with E-state index < -0.39 is 28.7 Å². The predicted octanol–water partition coefficient (Wildman–Crippen LogP) is 6.86. The van der Waals surface area contributed by atoms with Crippen LogP contribution in [0.2, 0.25) is 20.2 Å². The van der Waals surface area contributed by atoms with E-state index in [0.29, 0.717) is 12.3 Å². The van der Waals surface area contributed by atoms with Crippen LogP contribution in [0.1, 0.15) is 15.9 Å². The number of amides is 3. The Labute approximate surface area is 203 Å². The van der Waals surface area contributed by atoms with Crippen molar-refractivity contribution in [2.45, 2.75) is 6.18 Å². The molecule has 14 heteroatoms. The first-order valence-corrected chi connectivity index (χ1v) is 10.1. The molecule has 0 radical (unpaired) electrons. The number of ether oxygens (including phenoxy) is 1. The third kappa shape index (κ3) is 6.17. The van der Waals surface area contributed by atoms with Crippen molar-refractivity contribution in [2.75, 3.05) is 5.32 Å². The normalized spacial score (nSPS) is 11.1. The van der Waals surface area contributed by atoms with Crippen LogP contribution in [0.4, 0.5) is 23.7 Å². The highest BCUT2D eigenvalue weighted by Gasteiger charge is 2.32. The first-order valence-electron chi connectivity index (χ1n) is 8.58. The van der Waals surface area contributed by atoms with E-state index in [9.17, 15) is 22.8 Å². The number of pyridine rings is 2. The van der Waals surface area contributed by atoms with Gasteiger partial charge in [0.1, 0.15) is 10.2 Å². The van der Waals surface area contributed by atoms with E-state index in [1.165, 1.54) is 30.5 Å². The minimum atomic E-state index is -4.64. The van der Waals surface area contributed by atoms with Gasteiger partial charge in [0.05, 0.1) is 21.2 Å². The van der Waals surface area contributed by atoms with Gasteiger partial charge < -0.3 is 10.1 Å². The number of alkyl halides is 3. The molecule has 172 valence electrons. The molecular formula is C19H9Cl4F3N4O3. The summed E-state index contributed by atoms with van der Waals surface area (Å²) in [6.07, 6.45) is -2.73. The van der Waals surface area contributed by atoms with Crippen LogP contribution in [0.15, 0.2) is 42.7 Å². The van der Waals surface area contributed by atoms with E-state index in [2.05, 4.69) is 20.6 Å². The molecule has 0 aliphatic heterocycles. The van der Waals surface area contributed by atoms with Gasteiger partial charge >= 0.3 is 12.2 Å². The van der Waals surface area contributed by atoms with Crippen molar-refractivity contribution in [1.82, 2.24) is 15.3 Å². The summed E-state index contributed by atoms with van der Waals surface area (Å²) in [6, 6.07) is 5.00. The van der Waals surface area contributed by atoms with E-state index in [4.69, 9.17) is 51.1 Å². The molecule has 0 saturated heterocycles. The summed E-state index contributed by atoms with van der Waals surface area (Å²) in [5, 5.41) is 3.63. The van der Waals surface area contributed by atoms with Crippen LogP contribution < -0.4 is 15.4 Å². The number of nitrogens with one attached hydrogen (secondary N) is 2. The van der Waals surface area contributed by atoms with Crippen LogP contribution in [0.5, 0.6) is 11.6 Å². The number of urea groups is 1. The Morgan fingerprint density at radius 2 is 1.64 bits per heavy atom. The number of halogens is 7. The van der Waals surface area contributed by atoms with Gasteiger partial charge in [-0.2, -0.15) is 13.2 Å². The molecule has 2 N–H and O–H groups in total. The van der Waals surface area contributed by atoms with Gasteiger partial charge in [-0.25, -0.2) is 14.8 Å². The van der Waals surface area contributed by atoms with Gasteiger partial charge in [0, 0.05) is 18.1 Å². The van der Waals surface area contributed by atoms with Gasteiger partial charge in [-0.1, -0.05) is 46.4 Å². The number of carbonyl (C=O) groups excluding carboxylic acids is 2. The summed E-state index contributed by atoms with van der Waals surface area (Å²) in [7, 11) is 0. The molecule has 0 bridgehead atoms. The van der Waals surface area contributed by atoms with Gasteiger partial charge in [-0.15, -0.1) is 0 Å². The topological polar surface area (TPSA) is 93.2 Å². The summed E-state index contributed by atoms with van der Waals surface area (Å²) in [5.41, 5.74) is -1.01. The number of nitrogens with zero attached hydrogens (tertiary/aromatic N) is 2. The summed E-state index contributed by atoms with van der Waals surface area (Å²) >= 11 is 23.9. The van der Waals surface area contributed by atoms with Crippen molar-refractivity contribution in [3.05, 3.63) is 74.1 Å². The molecule has 0 aliphatic carbocycles. The van der Waals surface area contributed by atoms with Gasteiger partial charge in [0.15, 0.2) is 5.75 Å². The second kappa shape index (κ2) is 10.0. The SMILES string of the molecule is O=C(NC(=O)c1cccnc1Cl)Nc1cc(Cl)c(Oc2ncc(C(F)(F)F)cc2Cl)c(Cl)c1. The number of anilines is 1. The Morgan fingerprint density at radius 3 is 2.21 bits per heavy atom. The van der Waals surface area contributed by atoms with E-state index in [1.54, 1.807) is 0 Å². The standard InChI is InChI=1S/C19H9Cl4F3N4O3/c20-11-5-9(29-18(32)30-16(31)10-2-1-3-27-15(10)23)6-12(21)14(11)33-17-13(22)4-8(7-28-17)19(24,25)26/h1-7H,(H2,29,30,31,32). The Kier molecular flexibility index (Phi) is 7.53. The number of benzene rings is 1. The number of aromatic nitrogens is 2. The van der Waals surface area contributed by atoms with E-state index in [-0.39, 0.29) is 38.1 Å². The Bertz CT molecular complexity index is 1220. The second-order valence-electron chi connectivity index (χ2n) is 6.13. The third-order valence-corrected chi connectivity index (χ3v) is 4.95. The van der Waals surface area contributed by atoms with Gasteiger partial charge in [-0.3, -0.25) is 10.1 Å². The average molecular weight is 540 g/mol. The molecule has 0 spiro atoms. The maximum absolute atomic E-state index is 12.7. The molecule has 33 heavy (non-hydrogen) atoms. The lowest BCUT2D eigenvalue weighted by molar-refractivity contribution is -0.137. The molecule has 0 aliphatic rings. The fraction of sp³-hybridized carbons (Fsp3) is 0.0526. The number of hydrogen-bond donors (Lipinski definition) is 2. The third-order valence-electron chi connectivity index (χ3n) is 3.82. The molecule has 0 unspecified atom stereocenters. The van der Waals surface area contributed by atoms with Crippen LogP contribution in [-0.2, 0) is 6.18 Å². The van der Waals surface area contributed by atoms with Crippen molar-refractivity contribution in [2.24, 2.45) is 0 Å². The summed E-state index contributed by atoms with van der Waals surface area (Å²) in [4.78, 5) is 31.5. The number of rotatable bonds is 4. The largest absolute Gasteiger partial charge is 0.434 e. The van der Waals surface area contributed by atoms with Gasteiger partial charge in [0.25, 0.3) is 5.91 Å². The highest BCUT2D eigenvalue weighted by atomic mass is 35.5. The quantitative estimate of drug-likeness (QED) is 0.353. The lowest BCUT2D eigenvalue weighted by atomic mass is 10.2. The number of carbonyl (C=O) groups is 2. The second-order valence-corrected chi connectivity index (χ2v) is 7.71. The minimum absolute atomic E-state index is 0.0185. The van der Waals surface area contributed by atoms with Crippen LogP contribution in [-0.4, -0.2) is 21.9 Å². The van der Waals surface area contributed by atoms with Crippen LogP contribution in [0.3, 0.4) is 0 Å². The molecule has 3 aromatic rings. The fourth-order valence-corrected chi connectivity index (χ4v) is 3.34. The van der Waals surface area contributed by atoms with Gasteiger partial charge in [0.2, 0.25) is 5.88 Å². The Morgan fingerprint density at radius 1 is 0.970 bits per heavy atom. The molecule has 0 saturated carbocycles. The van der Waals surface area contributed by atoms with E-state index >= 15 is 0 Å². The van der Waals surface area contributed by atoms with Crippen LogP contribution in [0.25, 0.3) is 0 Å². The number of hydrogen-bond acceptors (Lipinski definition) is 5. The lowest BCUT2D eigenvalue weighted by Gasteiger charge is -2.14. The lowest BCUT2D eigenvalue weighted by Crippen LogP contribution is -2.34. The Hall–Kier alpha value is -2.79. The average Bonchev–Trinajstić information content (AvgIpc) is 2.71. The van der Waals surface area contributed by atoms with Crippen molar-refractivity contribution < 1.29 is 27.5 Å². The summed E-state index contributed by atoms with van der Waals surface area (Å²) in [6.45, 7) is 0. The van der Waals surface area contributed by atoms with Crippen LogP contribution in [0, 0.1) is 0 Å². The molecule has 0 fully saturated rings. The minimum Gasteiger partial charge on any atom is -0.434 e. The van der Waals surface area contributed by atoms with Crippen molar-refractivity contribution in [3.8, 4) is 11.6 Å². The molecule has 0 atom stereocenters. The zero-order valence-corrected chi connectivity index (χ0v) is 18.8. The van der Waals surface area contributed by atoms with E-state index in [1.807, 2.05) is 0 Å². The maximum atomic E-state index is 12.7. The molecule has 2 aromatic heterocycles. The first-order chi connectivity index (χ1) is 15.5. The van der Waals surface area contributed by atoms with Crippen LogP contribution >= 0.6 is 46.4 Å². The zero-order chi connectivity index (χ0) is 24.3. The van der Waals surface area contributed by atoms with Crippen molar-refractivity contribution in [3.63, 3.8) is 0 Å². The highest BCUT2D eigenvalue weighted by Crippen LogP contribution is 2.41. The molecule has 7 nitrogen and oxygen atoms in total. The highest BCUT2D eigenvalue weighted by molar-refractivity contribution is 6.38. The number of imide groups is 1. The smallest absolute Gasteiger partial charge is 0.417 e. The van der Waals surface area contributed by atoms with E-state index in [0.717, 1.165) is 0 Å². The molecule has 1 aromatic carbocycles. The summed E-state index contributed by atoms with van der Waals surface area (Å²) < 4.78 is 43.6.